The van der Waals surface area contributed by atoms with E-state index in [4.69, 9.17) is 14.2 Å². The second-order valence-electron chi connectivity index (χ2n) is 19.5. The van der Waals surface area contributed by atoms with Crippen LogP contribution in [0.15, 0.2) is 122 Å². The minimum absolute atomic E-state index is 0.0924. The molecule has 0 bridgehead atoms. The van der Waals surface area contributed by atoms with Crippen molar-refractivity contribution in [3.8, 4) is 0 Å². The molecule has 0 heterocycles. The van der Waals surface area contributed by atoms with Gasteiger partial charge in [0.1, 0.15) is 13.2 Å². The summed E-state index contributed by atoms with van der Waals surface area (Å²) < 4.78 is 16.7. The molecule has 0 saturated carbocycles. The number of hydrogen-bond donors (Lipinski definition) is 0. The van der Waals surface area contributed by atoms with E-state index in [1.54, 1.807) is 0 Å². The first-order chi connectivity index (χ1) is 36.0. The third-order valence-corrected chi connectivity index (χ3v) is 12.5. The Morgan fingerprint density at radius 3 is 0.849 bits per heavy atom. The van der Waals surface area contributed by atoms with Gasteiger partial charge in [0.25, 0.3) is 0 Å². The highest BCUT2D eigenvalue weighted by Crippen LogP contribution is 2.15. The van der Waals surface area contributed by atoms with Crippen LogP contribution >= 0.6 is 0 Å². The molecule has 0 aromatic carbocycles. The number of esters is 3. The summed E-state index contributed by atoms with van der Waals surface area (Å²) in [7, 11) is 0. The Hall–Kier alpha value is -4.19. The van der Waals surface area contributed by atoms with Crippen LogP contribution in [0.1, 0.15) is 265 Å². The standard InChI is InChI=1S/C67H110O6/c1-4-7-10-13-15-17-19-21-23-25-27-28-29-30-31-32-33-34-35-36-37-38-40-41-43-45-47-49-51-54-57-60-66(69)72-63-64(62-71-65(68)59-56-53-12-9-6-3)73-67(70)61-58-55-52-50-48-46-44-42-39-26-24-22-20-18-16-14-11-8-5-2/h7-8,10-11,15-18,21-24,27-28,30-31,39,42,46,48,64H,4-6,9,12-14,19-20,25-26,29,32-38,40-41,43-45,47,49-63H2,1-3H3/b10-7-,11-8-,17-15-,18-16-,23-21-,24-22-,28-27-,31-30-,42-39-,48-46-. The molecule has 0 radical (unpaired) electrons. The maximum atomic E-state index is 12.8. The third kappa shape index (κ3) is 58.6. The lowest BCUT2D eigenvalue weighted by Gasteiger charge is -2.18. The maximum Gasteiger partial charge on any atom is 0.306 e. The Labute approximate surface area is 450 Å². The summed E-state index contributed by atoms with van der Waals surface area (Å²) in [5.74, 6) is -0.939. The fraction of sp³-hybridized carbons (Fsp3) is 0.657. The number of allylic oxidation sites excluding steroid dienone is 20. The maximum absolute atomic E-state index is 12.8. The normalized spacial score (nSPS) is 13.0. The molecule has 73 heavy (non-hydrogen) atoms. The lowest BCUT2D eigenvalue weighted by molar-refractivity contribution is -0.167. The quantitative estimate of drug-likeness (QED) is 0.0261. The number of rotatable bonds is 53. The van der Waals surface area contributed by atoms with E-state index in [9.17, 15) is 14.4 Å². The average Bonchev–Trinajstić information content (AvgIpc) is 3.39. The summed E-state index contributed by atoms with van der Waals surface area (Å²) in [6.07, 6.45) is 83.9. The van der Waals surface area contributed by atoms with Gasteiger partial charge in [0.2, 0.25) is 0 Å². The molecule has 0 spiro atoms. The summed E-state index contributed by atoms with van der Waals surface area (Å²) in [6.45, 7) is 6.30. The predicted molar refractivity (Wildman–Crippen MR) is 316 cm³/mol. The van der Waals surface area contributed by atoms with Crippen LogP contribution in [0.5, 0.6) is 0 Å². The van der Waals surface area contributed by atoms with Crippen LogP contribution in [0.25, 0.3) is 0 Å². The summed E-state index contributed by atoms with van der Waals surface area (Å²) in [5.41, 5.74) is 0. The van der Waals surface area contributed by atoms with Gasteiger partial charge in [0.05, 0.1) is 0 Å². The van der Waals surface area contributed by atoms with E-state index >= 15 is 0 Å². The first-order valence-corrected chi connectivity index (χ1v) is 30.0. The summed E-state index contributed by atoms with van der Waals surface area (Å²) in [6, 6.07) is 0. The van der Waals surface area contributed by atoms with E-state index in [0.29, 0.717) is 12.8 Å². The van der Waals surface area contributed by atoms with Crippen molar-refractivity contribution in [3.63, 3.8) is 0 Å². The van der Waals surface area contributed by atoms with Crippen LogP contribution < -0.4 is 0 Å². The van der Waals surface area contributed by atoms with Gasteiger partial charge >= 0.3 is 17.9 Å². The Balaban J connectivity index is 4.07. The van der Waals surface area contributed by atoms with Crippen molar-refractivity contribution in [1.29, 1.82) is 0 Å². The van der Waals surface area contributed by atoms with Gasteiger partial charge in [-0.1, -0.05) is 258 Å². The van der Waals surface area contributed by atoms with E-state index < -0.39 is 6.10 Å². The molecular weight excluding hydrogens is 901 g/mol. The second kappa shape index (κ2) is 60.4. The lowest BCUT2D eigenvalue weighted by atomic mass is 10.0. The van der Waals surface area contributed by atoms with E-state index in [2.05, 4.69) is 142 Å². The molecule has 0 aliphatic carbocycles. The SMILES string of the molecule is CC/C=C\C/C=C\C/C=C\C/C=C\C/C=C\CCCCCCCCCCCCCCCCCC(=O)OCC(COC(=O)CCCCCCC)OC(=O)CCCCC/C=C\C/C=C\C/C=C\C/C=C\C/C=C\CC. The molecule has 0 aliphatic rings. The van der Waals surface area contributed by atoms with Crippen molar-refractivity contribution in [2.75, 3.05) is 13.2 Å². The molecule has 1 atom stereocenters. The average molecular weight is 1010 g/mol. The lowest BCUT2D eigenvalue weighted by Crippen LogP contribution is -2.30. The zero-order chi connectivity index (χ0) is 52.9. The zero-order valence-corrected chi connectivity index (χ0v) is 47.4. The van der Waals surface area contributed by atoms with Crippen molar-refractivity contribution in [1.82, 2.24) is 0 Å². The predicted octanol–water partition coefficient (Wildman–Crippen LogP) is 20.4. The summed E-state index contributed by atoms with van der Waals surface area (Å²) in [5, 5.41) is 0. The molecule has 0 saturated heterocycles. The Kier molecular flexibility index (Phi) is 56.9. The number of carbonyl (C=O) groups excluding carboxylic acids is 3. The zero-order valence-electron chi connectivity index (χ0n) is 47.4. The number of ether oxygens (including phenoxy) is 3. The van der Waals surface area contributed by atoms with Crippen LogP contribution in [-0.2, 0) is 28.6 Å². The monoisotopic (exact) mass is 1010 g/mol. The van der Waals surface area contributed by atoms with E-state index in [0.717, 1.165) is 141 Å². The van der Waals surface area contributed by atoms with Crippen LogP contribution in [0.2, 0.25) is 0 Å². The molecule has 0 N–H and O–H groups in total. The van der Waals surface area contributed by atoms with E-state index in [1.807, 2.05) is 0 Å². The van der Waals surface area contributed by atoms with Gasteiger partial charge in [0.15, 0.2) is 6.10 Å². The molecule has 0 amide bonds. The van der Waals surface area contributed by atoms with Crippen molar-refractivity contribution in [2.45, 2.75) is 271 Å². The minimum atomic E-state index is -0.794. The molecule has 1 unspecified atom stereocenters. The molecule has 0 rings (SSSR count). The van der Waals surface area contributed by atoms with E-state index in [1.165, 1.54) is 83.5 Å². The minimum Gasteiger partial charge on any atom is -0.462 e. The number of carbonyl (C=O) groups is 3. The molecular formula is C67H110O6. The highest BCUT2D eigenvalue weighted by molar-refractivity contribution is 5.71. The molecule has 0 aliphatic heterocycles. The van der Waals surface area contributed by atoms with Crippen molar-refractivity contribution < 1.29 is 28.6 Å². The van der Waals surface area contributed by atoms with Crippen molar-refractivity contribution in [2.24, 2.45) is 0 Å². The van der Waals surface area contributed by atoms with Crippen LogP contribution in [0, 0.1) is 0 Å². The first kappa shape index (κ1) is 68.8. The second-order valence-corrected chi connectivity index (χ2v) is 19.5. The first-order valence-electron chi connectivity index (χ1n) is 30.0. The van der Waals surface area contributed by atoms with Crippen LogP contribution in [0.3, 0.4) is 0 Å². The van der Waals surface area contributed by atoms with E-state index in [-0.39, 0.29) is 37.5 Å². The van der Waals surface area contributed by atoms with Gasteiger partial charge in [-0.15, -0.1) is 0 Å². The highest BCUT2D eigenvalue weighted by Gasteiger charge is 2.19. The molecule has 6 nitrogen and oxygen atoms in total. The Morgan fingerprint density at radius 2 is 0.534 bits per heavy atom. The Morgan fingerprint density at radius 1 is 0.288 bits per heavy atom. The third-order valence-electron chi connectivity index (χ3n) is 12.5. The van der Waals surface area contributed by atoms with Crippen molar-refractivity contribution >= 4 is 17.9 Å². The fourth-order valence-electron chi connectivity index (χ4n) is 8.03. The van der Waals surface area contributed by atoms with Gasteiger partial charge in [0, 0.05) is 19.3 Å². The topological polar surface area (TPSA) is 78.9 Å². The van der Waals surface area contributed by atoms with Gasteiger partial charge in [-0.25, -0.2) is 0 Å². The van der Waals surface area contributed by atoms with Crippen LogP contribution in [-0.4, -0.2) is 37.2 Å². The van der Waals surface area contributed by atoms with Gasteiger partial charge in [-0.05, 0) is 109 Å². The van der Waals surface area contributed by atoms with Gasteiger partial charge in [-0.2, -0.15) is 0 Å². The number of unbranched alkanes of at least 4 members (excludes halogenated alkanes) is 22. The molecule has 0 aromatic rings. The molecule has 6 heteroatoms. The fourth-order valence-corrected chi connectivity index (χ4v) is 8.03. The Bertz CT molecular complexity index is 1540. The smallest absolute Gasteiger partial charge is 0.306 e. The van der Waals surface area contributed by atoms with Crippen LogP contribution in [0.4, 0.5) is 0 Å². The largest absolute Gasteiger partial charge is 0.462 e. The number of hydrogen-bond acceptors (Lipinski definition) is 6. The summed E-state index contributed by atoms with van der Waals surface area (Å²) >= 11 is 0. The highest BCUT2D eigenvalue weighted by atomic mass is 16.6. The molecule has 0 fully saturated rings. The summed E-state index contributed by atoms with van der Waals surface area (Å²) in [4.78, 5) is 37.8. The van der Waals surface area contributed by atoms with Gasteiger partial charge < -0.3 is 14.2 Å². The van der Waals surface area contributed by atoms with Gasteiger partial charge in [-0.3, -0.25) is 14.4 Å². The molecule has 0 aromatic heterocycles. The molecule has 414 valence electrons. The van der Waals surface area contributed by atoms with Crippen molar-refractivity contribution in [3.05, 3.63) is 122 Å².